The molecular weight excluding hydrogens is 264 g/mol. The molecule has 2 nitrogen and oxygen atoms in total. The maximum atomic E-state index is 11.7. The first-order chi connectivity index (χ1) is 8.67. The maximum Gasteiger partial charge on any atom is 0.348 e. The number of benzene rings is 1. The van der Waals surface area contributed by atoms with E-state index in [-0.39, 0.29) is 5.97 Å². The number of hydrogen-bond donors (Lipinski definition) is 0. The highest BCUT2D eigenvalue weighted by Crippen LogP contribution is 2.34. The van der Waals surface area contributed by atoms with E-state index >= 15 is 0 Å². The molecule has 0 amide bonds. The van der Waals surface area contributed by atoms with Crippen molar-refractivity contribution in [3.8, 4) is 0 Å². The van der Waals surface area contributed by atoms with Gasteiger partial charge >= 0.3 is 5.97 Å². The van der Waals surface area contributed by atoms with Gasteiger partial charge in [0.25, 0.3) is 0 Å². The molecule has 0 aliphatic carbocycles. The largest absolute Gasteiger partial charge is 0.462 e. The van der Waals surface area contributed by atoms with Crippen LogP contribution in [0.4, 0.5) is 0 Å². The molecule has 0 fully saturated rings. The Kier molecular flexibility index (Phi) is 2.84. The summed E-state index contributed by atoms with van der Waals surface area (Å²) in [6.45, 7) is 4.36. The molecule has 2 aromatic heterocycles. The summed E-state index contributed by atoms with van der Waals surface area (Å²) < 4.78 is 7.44. The van der Waals surface area contributed by atoms with Crippen LogP contribution in [0, 0.1) is 6.92 Å². The fraction of sp³-hybridized carbons (Fsp3) is 0.214. The lowest BCUT2D eigenvalue weighted by molar-refractivity contribution is 0.0532. The van der Waals surface area contributed by atoms with Gasteiger partial charge in [0.2, 0.25) is 0 Å². The summed E-state index contributed by atoms with van der Waals surface area (Å²) in [5.41, 5.74) is 0. The van der Waals surface area contributed by atoms with Gasteiger partial charge in [-0.2, -0.15) is 0 Å². The second kappa shape index (κ2) is 4.37. The minimum absolute atomic E-state index is 0.224. The van der Waals surface area contributed by atoms with Gasteiger partial charge in [-0.15, -0.1) is 22.7 Å². The van der Waals surface area contributed by atoms with E-state index in [2.05, 4.69) is 25.1 Å². The lowest BCUT2D eigenvalue weighted by Gasteiger charge is -1.95. The van der Waals surface area contributed by atoms with Gasteiger partial charge in [-0.3, -0.25) is 0 Å². The van der Waals surface area contributed by atoms with E-state index < -0.39 is 0 Å². The fourth-order valence-electron chi connectivity index (χ4n) is 2.01. The first-order valence-electron chi connectivity index (χ1n) is 5.78. The van der Waals surface area contributed by atoms with E-state index in [0.29, 0.717) is 11.5 Å². The molecule has 18 heavy (non-hydrogen) atoms. The SMILES string of the molecule is CCOC(=O)c1cc2cc3sc(C)cc3cc2s1. The molecule has 0 N–H and O–H groups in total. The Morgan fingerprint density at radius 1 is 1.11 bits per heavy atom. The van der Waals surface area contributed by atoms with E-state index in [0.717, 1.165) is 10.1 Å². The third kappa shape index (κ3) is 1.91. The number of fused-ring (bicyclic) bond motifs is 2. The Morgan fingerprint density at radius 3 is 2.50 bits per heavy atom. The average Bonchev–Trinajstić information content (AvgIpc) is 2.87. The zero-order chi connectivity index (χ0) is 12.7. The molecule has 4 heteroatoms. The smallest absolute Gasteiger partial charge is 0.348 e. The molecule has 3 rings (SSSR count). The van der Waals surface area contributed by atoms with Crippen molar-refractivity contribution < 1.29 is 9.53 Å². The lowest BCUT2D eigenvalue weighted by atomic mass is 10.2. The lowest BCUT2D eigenvalue weighted by Crippen LogP contribution is -2.01. The highest BCUT2D eigenvalue weighted by Gasteiger charge is 2.12. The Morgan fingerprint density at radius 2 is 1.78 bits per heavy atom. The van der Waals surface area contributed by atoms with Crippen LogP contribution in [0.5, 0.6) is 0 Å². The normalized spacial score (nSPS) is 11.2. The monoisotopic (exact) mass is 276 g/mol. The predicted octanol–water partition coefficient (Wildman–Crippen LogP) is 4.60. The molecule has 0 unspecified atom stereocenters. The van der Waals surface area contributed by atoms with Crippen LogP contribution in [0.15, 0.2) is 24.3 Å². The molecule has 1 aromatic carbocycles. The van der Waals surface area contributed by atoms with Gasteiger partial charge in [0.1, 0.15) is 4.88 Å². The van der Waals surface area contributed by atoms with Crippen LogP contribution in [0.2, 0.25) is 0 Å². The van der Waals surface area contributed by atoms with Crippen LogP contribution in [-0.2, 0) is 4.74 Å². The molecule has 3 aromatic rings. The first-order valence-corrected chi connectivity index (χ1v) is 7.41. The van der Waals surface area contributed by atoms with Crippen molar-refractivity contribution in [1.29, 1.82) is 0 Å². The van der Waals surface area contributed by atoms with Crippen LogP contribution >= 0.6 is 22.7 Å². The van der Waals surface area contributed by atoms with Gasteiger partial charge in [0, 0.05) is 14.3 Å². The van der Waals surface area contributed by atoms with E-state index in [1.807, 2.05) is 13.0 Å². The molecular formula is C14H12O2S2. The number of hydrogen-bond acceptors (Lipinski definition) is 4. The zero-order valence-electron chi connectivity index (χ0n) is 10.1. The number of rotatable bonds is 2. The van der Waals surface area contributed by atoms with Crippen LogP contribution in [0.3, 0.4) is 0 Å². The van der Waals surface area contributed by atoms with Gasteiger partial charge in [-0.05, 0) is 48.9 Å². The van der Waals surface area contributed by atoms with Crippen LogP contribution in [-0.4, -0.2) is 12.6 Å². The Bertz CT molecular complexity index is 686. The highest BCUT2D eigenvalue weighted by molar-refractivity contribution is 7.21. The molecule has 0 saturated carbocycles. The van der Waals surface area contributed by atoms with Crippen molar-refractivity contribution in [3.05, 3.63) is 34.0 Å². The van der Waals surface area contributed by atoms with Gasteiger partial charge in [-0.25, -0.2) is 4.79 Å². The van der Waals surface area contributed by atoms with E-state index in [4.69, 9.17) is 4.74 Å². The number of carbonyl (C=O) groups is 1. The summed E-state index contributed by atoms with van der Waals surface area (Å²) >= 11 is 3.28. The summed E-state index contributed by atoms with van der Waals surface area (Å²) in [4.78, 5) is 13.7. The van der Waals surface area contributed by atoms with E-state index in [1.165, 1.54) is 26.3 Å². The summed E-state index contributed by atoms with van der Waals surface area (Å²) in [5.74, 6) is -0.224. The number of carbonyl (C=O) groups excluding carboxylic acids is 1. The summed E-state index contributed by atoms with van der Waals surface area (Å²) in [6.07, 6.45) is 0. The molecule has 0 aliphatic rings. The van der Waals surface area contributed by atoms with Crippen molar-refractivity contribution in [2.24, 2.45) is 0 Å². The predicted molar refractivity (Wildman–Crippen MR) is 77.9 cm³/mol. The van der Waals surface area contributed by atoms with Crippen LogP contribution < -0.4 is 0 Å². The average molecular weight is 276 g/mol. The minimum atomic E-state index is -0.224. The Hall–Kier alpha value is -1.39. The van der Waals surface area contributed by atoms with Crippen LogP contribution in [0.25, 0.3) is 20.2 Å². The van der Waals surface area contributed by atoms with Crippen molar-refractivity contribution in [1.82, 2.24) is 0 Å². The molecule has 0 spiro atoms. The molecule has 0 saturated heterocycles. The van der Waals surface area contributed by atoms with Crippen molar-refractivity contribution in [2.45, 2.75) is 13.8 Å². The van der Waals surface area contributed by atoms with Crippen molar-refractivity contribution in [3.63, 3.8) is 0 Å². The third-order valence-electron chi connectivity index (χ3n) is 2.76. The van der Waals surface area contributed by atoms with Crippen molar-refractivity contribution >= 4 is 48.8 Å². The molecule has 0 atom stereocenters. The van der Waals surface area contributed by atoms with E-state index in [9.17, 15) is 4.79 Å². The Balaban J connectivity index is 2.14. The van der Waals surface area contributed by atoms with Crippen molar-refractivity contribution in [2.75, 3.05) is 6.61 Å². The van der Waals surface area contributed by atoms with Gasteiger partial charge < -0.3 is 4.74 Å². The summed E-state index contributed by atoms with van der Waals surface area (Å²) in [6, 6.07) is 8.42. The second-order valence-electron chi connectivity index (χ2n) is 4.12. The van der Waals surface area contributed by atoms with Gasteiger partial charge in [-0.1, -0.05) is 0 Å². The molecule has 2 heterocycles. The van der Waals surface area contributed by atoms with Gasteiger partial charge in [0.05, 0.1) is 6.61 Å². The van der Waals surface area contributed by atoms with Crippen LogP contribution in [0.1, 0.15) is 21.5 Å². The summed E-state index contributed by atoms with van der Waals surface area (Å²) in [5, 5.41) is 2.37. The number of ether oxygens (including phenoxy) is 1. The molecule has 0 bridgehead atoms. The number of thiophene rings is 2. The van der Waals surface area contributed by atoms with E-state index in [1.54, 1.807) is 11.3 Å². The van der Waals surface area contributed by atoms with Gasteiger partial charge in [0.15, 0.2) is 0 Å². The highest BCUT2D eigenvalue weighted by atomic mass is 32.1. The molecule has 92 valence electrons. The molecule has 0 aliphatic heterocycles. The zero-order valence-corrected chi connectivity index (χ0v) is 11.8. The second-order valence-corrected chi connectivity index (χ2v) is 6.49. The third-order valence-corrected chi connectivity index (χ3v) is 4.85. The fourth-order valence-corrected chi connectivity index (χ4v) is 3.95. The Labute approximate surface area is 113 Å². The maximum absolute atomic E-state index is 11.7. The minimum Gasteiger partial charge on any atom is -0.462 e. The quantitative estimate of drug-likeness (QED) is 0.639. The number of aryl methyl sites for hydroxylation is 1. The number of esters is 1. The first kappa shape index (κ1) is 11.7. The standard InChI is InChI=1S/C14H12O2S2/c1-3-16-14(15)13-7-10-6-11-9(4-8(2)17-11)5-12(10)18-13/h4-7H,3H2,1-2H3. The molecule has 0 radical (unpaired) electrons. The topological polar surface area (TPSA) is 26.3 Å². The summed E-state index contributed by atoms with van der Waals surface area (Å²) in [7, 11) is 0.